The first kappa shape index (κ1) is 27.8. The normalized spacial score (nSPS) is 11.3. The van der Waals surface area contributed by atoms with Gasteiger partial charge in [-0.1, -0.05) is 87.9 Å². The predicted molar refractivity (Wildman–Crippen MR) is 136 cm³/mol. The molecule has 2 aromatic carbocycles. The summed E-state index contributed by atoms with van der Waals surface area (Å²) in [5.41, 5.74) is 17.1. The van der Waals surface area contributed by atoms with E-state index in [0.29, 0.717) is 0 Å². The van der Waals surface area contributed by atoms with Crippen molar-refractivity contribution in [1.82, 2.24) is 0 Å². The first-order valence-corrected chi connectivity index (χ1v) is 14.4. The second kappa shape index (κ2) is 16.4. The van der Waals surface area contributed by atoms with Gasteiger partial charge >= 0.3 is 34.6 Å². The summed E-state index contributed by atoms with van der Waals surface area (Å²) in [5, 5.41) is 4.35. The third kappa shape index (κ3) is 9.08. The van der Waals surface area contributed by atoms with Gasteiger partial charge in [0.2, 0.25) is 0 Å². The third-order valence-electron chi connectivity index (χ3n) is 5.07. The maximum absolute atomic E-state index is 9.10. The first-order valence-electron chi connectivity index (χ1n) is 11.3. The molecule has 0 unspecified atom stereocenters. The molecule has 0 aliphatic rings. The molecule has 0 saturated carbocycles. The molecular weight excluding hydrogens is 483 g/mol. The van der Waals surface area contributed by atoms with Gasteiger partial charge in [-0.3, -0.25) is 0 Å². The molecule has 0 aromatic heterocycles. The second-order valence-electron chi connectivity index (χ2n) is 7.61. The number of unbranched alkanes of at least 4 members (excludes halogenated alkanes) is 1. The molecule has 0 radical (unpaired) electrons. The van der Waals surface area contributed by atoms with E-state index >= 15 is 0 Å². The number of aryl methyl sites for hydroxylation is 2. The Bertz CT molecular complexity index is 988. The zero-order chi connectivity index (χ0) is 23.8. The van der Waals surface area contributed by atoms with Crippen LogP contribution in [0.5, 0.6) is 0 Å². The molecule has 2 aromatic rings. The molecule has 0 fully saturated rings. The fourth-order valence-electron chi connectivity index (χ4n) is 3.45. The number of benzene rings is 2. The second-order valence-corrected chi connectivity index (χ2v) is 9.16. The zero-order valence-electron chi connectivity index (χ0n) is 20.5. The summed E-state index contributed by atoms with van der Waals surface area (Å²) in [6.45, 7) is 8.46. The van der Waals surface area contributed by atoms with Crippen LogP contribution in [0.2, 0.25) is 10.8 Å². The summed E-state index contributed by atoms with van der Waals surface area (Å²) >= 11 is 0.950. The van der Waals surface area contributed by atoms with Gasteiger partial charge in [0.05, 0.1) is 5.57 Å². The van der Waals surface area contributed by atoms with Gasteiger partial charge in [0.15, 0.2) is 0 Å². The van der Waals surface area contributed by atoms with Crippen molar-refractivity contribution in [3.8, 4) is 0 Å². The molecule has 0 N–H and O–H groups in total. The molecule has 3 heteroatoms. The summed E-state index contributed by atoms with van der Waals surface area (Å²) in [6, 6.07) is 17.5. The first-order chi connectivity index (χ1) is 15.6. The molecule has 174 valence electrons. The van der Waals surface area contributed by atoms with Gasteiger partial charge in [-0.25, -0.2) is 0 Å². The van der Waals surface area contributed by atoms with Crippen molar-refractivity contribution < 1.29 is 22.8 Å². The summed E-state index contributed by atoms with van der Waals surface area (Å²) in [4.78, 5) is 3.17. The van der Waals surface area contributed by atoms with Gasteiger partial charge in [0.1, 0.15) is 0 Å². The topological polar surface area (TPSA) is 36.4 Å². The molecule has 0 aliphatic heterocycles. The average molecular weight is 521 g/mol. The number of hydrogen-bond donors (Lipinski definition) is 0. The van der Waals surface area contributed by atoms with Crippen LogP contribution in [-0.4, -0.2) is 10.7 Å². The molecule has 32 heavy (non-hydrogen) atoms. The van der Waals surface area contributed by atoms with E-state index in [2.05, 4.69) is 103 Å². The van der Waals surface area contributed by atoms with Crippen LogP contribution >= 0.6 is 0 Å². The Morgan fingerprint density at radius 1 is 1.00 bits per heavy atom. The van der Waals surface area contributed by atoms with Crippen LogP contribution in [0.3, 0.4) is 0 Å². The van der Waals surface area contributed by atoms with E-state index in [1.165, 1.54) is 35.1 Å². The Labute approximate surface area is 203 Å². The van der Waals surface area contributed by atoms with Gasteiger partial charge in [-0.2, -0.15) is 0 Å². The summed E-state index contributed by atoms with van der Waals surface area (Å²) in [6.07, 6.45) is 9.65. The molecule has 0 spiro atoms. The molecule has 0 aliphatic carbocycles. The number of hydrogen-bond acceptors (Lipinski definition) is 0. The van der Waals surface area contributed by atoms with Crippen LogP contribution in [0.4, 0.5) is 0 Å². The predicted octanol–water partition coefficient (Wildman–Crippen LogP) is 8.37. The van der Waals surface area contributed by atoms with Gasteiger partial charge in [-0.05, 0) is 60.4 Å². The van der Waals surface area contributed by atoms with E-state index in [4.69, 9.17) is 5.53 Å². The summed E-state index contributed by atoms with van der Waals surface area (Å²) in [7, 11) is 0. The van der Waals surface area contributed by atoms with Crippen molar-refractivity contribution in [2.24, 2.45) is 0 Å². The van der Waals surface area contributed by atoms with Crippen molar-refractivity contribution >= 4 is 11.4 Å². The van der Waals surface area contributed by atoms with Crippen molar-refractivity contribution in [2.75, 3.05) is 0 Å². The van der Waals surface area contributed by atoms with Crippen LogP contribution in [0, 0.1) is 0 Å². The fraction of sp³-hybridized carbons (Fsp3) is 0.379. The van der Waals surface area contributed by atoms with Crippen LogP contribution < -0.4 is 0 Å². The van der Waals surface area contributed by atoms with Crippen molar-refractivity contribution in [3.05, 3.63) is 99.6 Å². The van der Waals surface area contributed by atoms with Crippen molar-refractivity contribution in [2.45, 2.75) is 70.6 Å². The van der Waals surface area contributed by atoms with Crippen LogP contribution in [-0.2, 0) is 30.8 Å². The Morgan fingerprint density at radius 2 is 1.59 bits per heavy atom. The van der Waals surface area contributed by atoms with E-state index < -0.39 is 0 Å². The van der Waals surface area contributed by atoms with E-state index in [0.717, 1.165) is 54.0 Å². The van der Waals surface area contributed by atoms with Gasteiger partial charge < -0.3 is 5.53 Å². The Morgan fingerprint density at radius 3 is 2.12 bits per heavy atom. The van der Waals surface area contributed by atoms with Crippen molar-refractivity contribution in [1.29, 1.82) is 0 Å². The SMILES string of the molecule is CCC=CC(C(C)=C=[N+]=[N-])=C(c1cccc(CC)c1)c1cccc(CCCC)c1.[CH3][Pd][CH3]. The standard InChI is InChI=1S/C27H32N2.2CH3.Pd/c1-5-8-12-23-14-11-16-25(19-23)27(24-15-10-13-22(7-3)18-24)26(17-9-6-2)21(4)20-29-28;;;/h9-11,13-19H,5-8,12H2,1-4H3;2*1H3;. The molecule has 2 rings (SSSR count). The van der Waals surface area contributed by atoms with Crippen LogP contribution in [0.1, 0.15) is 69.2 Å². The van der Waals surface area contributed by atoms with Crippen molar-refractivity contribution in [3.63, 3.8) is 0 Å². The Kier molecular flexibility index (Phi) is 14.2. The monoisotopic (exact) mass is 520 g/mol. The van der Waals surface area contributed by atoms with E-state index in [1.807, 2.05) is 6.92 Å². The van der Waals surface area contributed by atoms with E-state index in [9.17, 15) is 0 Å². The maximum atomic E-state index is 9.10. The van der Waals surface area contributed by atoms with Gasteiger partial charge in [0, 0.05) is 5.57 Å². The quantitative estimate of drug-likeness (QED) is 0.105. The third-order valence-corrected chi connectivity index (χ3v) is 5.07. The Hall–Kier alpha value is -2.26. The average Bonchev–Trinajstić information content (AvgIpc) is 2.81. The van der Waals surface area contributed by atoms with E-state index in [-0.39, 0.29) is 0 Å². The number of rotatable bonds is 9. The van der Waals surface area contributed by atoms with Gasteiger partial charge in [0.25, 0.3) is 0 Å². The van der Waals surface area contributed by atoms with E-state index in [1.54, 1.807) is 0 Å². The van der Waals surface area contributed by atoms with Crippen LogP contribution in [0.15, 0.2) is 71.8 Å². The minimum absolute atomic E-state index is 0.813. The van der Waals surface area contributed by atoms with Crippen LogP contribution in [0.25, 0.3) is 11.1 Å². The Balaban J connectivity index is 0.00000161. The summed E-state index contributed by atoms with van der Waals surface area (Å²) in [5.74, 6) is 2.74. The molecule has 0 heterocycles. The summed E-state index contributed by atoms with van der Waals surface area (Å²) < 4.78 is 0. The molecule has 0 bridgehead atoms. The van der Waals surface area contributed by atoms with Gasteiger partial charge in [-0.15, -0.1) is 4.79 Å². The number of allylic oxidation sites excluding steroid dienone is 4. The molecule has 0 saturated heterocycles. The number of nitrogens with zero attached hydrogens (tertiary/aromatic N) is 2. The fourth-order valence-corrected chi connectivity index (χ4v) is 3.45. The molecular formula is C29H38N2Pd. The molecule has 0 atom stereocenters. The molecule has 2 nitrogen and oxygen atoms in total. The molecule has 0 amide bonds. The zero-order valence-corrected chi connectivity index (χ0v) is 22.1. The minimum atomic E-state index is 0.813.